The number of aliphatic hydroxyl groups excluding tert-OH is 4. The lowest BCUT2D eigenvalue weighted by molar-refractivity contribution is -0.368. The molecule has 2 heterocycles. The lowest BCUT2D eigenvalue weighted by atomic mass is 9.86. The van der Waals surface area contributed by atoms with Crippen LogP contribution in [0.1, 0.15) is 39.5 Å². The number of hydrogen-bond donors (Lipinski definition) is 4. The molecule has 8 heteroatoms. The Labute approximate surface area is 178 Å². The number of hydrogen-bond acceptors (Lipinski definition) is 7. The number of ketones is 1. The van der Waals surface area contributed by atoms with Crippen LogP contribution in [0.25, 0.3) is 0 Å². The number of carbonyl (C=O) groups excluding carboxylic acids is 1. The van der Waals surface area contributed by atoms with Gasteiger partial charge in [0.25, 0.3) is 0 Å². The van der Waals surface area contributed by atoms with Gasteiger partial charge >= 0.3 is 0 Å². The van der Waals surface area contributed by atoms with E-state index in [4.69, 9.17) is 21.1 Å². The van der Waals surface area contributed by atoms with Crippen molar-refractivity contribution in [3.05, 3.63) is 69.2 Å². The second-order valence-corrected chi connectivity index (χ2v) is 8.00. The largest absolute Gasteiger partial charge is 0.394 e. The zero-order valence-electron chi connectivity index (χ0n) is 16.3. The molecule has 0 aliphatic carbocycles. The number of aryl methyl sites for hydroxylation is 1. The summed E-state index contributed by atoms with van der Waals surface area (Å²) in [4.78, 5) is 13.1. The van der Waals surface area contributed by atoms with E-state index < -0.39 is 36.8 Å². The van der Waals surface area contributed by atoms with Crippen LogP contribution >= 0.6 is 11.6 Å². The van der Waals surface area contributed by atoms with Gasteiger partial charge in [0, 0.05) is 16.7 Å². The van der Waals surface area contributed by atoms with Gasteiger partial charge in [-0.1, -0.05) is 42.8 Å². The van der Waals surface area contributed by atoms with E-state index in [2.05, 4.69) is 0 Å². The summed E-state index contributed by atoms with van der Waals surface area (Å²) in [5.74, 6) is -2.13. The number of rotatable bonds is 4. The van der Waals surface area contributed by atoms with E-state index in [-0.39, 0.29) is 23.0 Å². The molecular formula is C22H23ClO7. The molecule has 0 aromatic heterocycles. The lowest BCUT2D eigenvalue weighted by Crippen LogP contribution is -2.63. The minimum absolute atomic E-state index is 0.0206. The highest BCUT2D eigenvalue weighted by atomic mass is 35.5. The molecule has 2 aliphatic heterocycles. The van der Waals surface area contributed by atoms with Crippen LogP contribution in [-0.2, 0) is 28.3 Å². The molecular weight excluding hydrogens is 412 g/mol. The van der Waals surface area contributed by atoms with Crippen LogP contribution < -0.4 is 0 Å². The molecule has 160 valence electrons. The average molecular weight is 435 g/mol. The molecule has 5 unspecified atom stereocenters. The molecule has 1 fully saturated rings. The Morgan fingerprint density at radius 3 is 2.50 bits per heavy atom. The number of ether oxygens (including phenoxy) is 2. The Morgan fingerprint density at radius 1 is 1.17 bits per heavy atom. The van der Waals surface area contributed by atoms with Gasteiger partial charge in [-0.25, -0.2) is 0 Å². The van der Waals surface area contributed by atoms with Crippen molar-refractivity contribution in [2.75, 3.05) is 6.61 Å². The summed E-state index contributed by atoms with van der Waals surface area (Å²) in [7, 11) is 0. The van der Waals surface area contributed by atoms with Crippen molar-refractivity contribution < 1.29 is 34.7 Å². The van der Waals surface area contributed by atoms with Crippen LogP contribution in [0.4, 0.5) is 0 Å². The lowest BCUT2D eigenvalue weighted by Gasteiger charge is -2.46. The van der Waals surface area contributed by atoms with Crippen molar-refractivity contribution in [2.45, 2.75) is 50.2 Å². The number of benzene rings is 2. The van der Waals surface area contributed by atoms with Crippen molar-refractivity contribution in [2.24, 2.45) is 0 Å². The second kappa shape index (κ2) is 8.01. The molecule has 5 atom stereocenters. The fraction of sp³-hybridized carbons (Fsp3) is 0.409. The van der Waals surface area contributed by atoms with Gasteiger partial charge in [-0.05, 0) is 29.7 Å². The smallest absolute Gasteiger partial charge is 0.225 e. The van der Waals surface area contributed by atoms with E-state index in [0.29, 0.717) is 16.7 Å². The molecule has 0 radical (unpaired) electrons. The van der Waals surface area contributed by atoms with E-state index >= 15 is 0 Å². The summed E-state index contributed by atoms with van der Waals surface area (Å²) in [6.45, 7) is 1.45. The molecule has 7 nitrogen and oxygen atoms in total. The van der Waals surface area contributed by atoms with E-state index in [1.165, 1.54) is 6.07 Å². The van der Waals surface area contributed by atoms with E-state index in [1.54, 1.807) is 18.2 Å². The third-order valence-electron chi connectivity index (χ3n) is 5.83. The van der Waals surface area contributed by atoms with Gasteiger partial charge in [0.2, 0.25) is 5.79 Å². The van der Waals surface area contributed by atoms with Gasteiger partial charge in [-0.3, -0.25) is 4.79 Å². The summed E-state index contributed by atoms with van der Waals surface area (Å²) in [6.07, 6.45) is -5.06. The van der Waals surface area contributed by atoms with Crippen molar-refractivity contribution in [1.29, 1.82) is 0 Å². The molecule has 4 rings (SSSR count). The van der Waals surface area contributed by atoms with Crippen molar-refractivity contribution in [3.63, 3.8) is 0 Å². The Kier molecular flexibility index (Phi) is 5.71. The van der Waals surface area contributed by atoms with Crippen LogP contribution in [0, 0.1) is 0 Å². The summed E-state index contributed by atoms with van der Waals surface area (Å²) >= 11 is 6.37. The van der Waals surface area contributed by atoms with E-state index in [1.807, 2.05) is 19.1 Å². The summed E-state index contributed by atoms with van der Waals surface area (Å²) in [5, 5.41) is 40.8. The first-order valence-electron chi connectivity index (χ1n) is 9.75. The Bertz CT molecular complexity index is 959. The minimum Gasteiger partial charge on any atom is -0.394 e. The second-order valence-electron chi connectivity index (χ2n) is 7.59. The van der Waals surface area contributed by atoms with Crippen molar-refractivity contribution in [1.82, 2.24) is 0 Å². The van der Waals surface area contributed by atoms with E-state index in [0.717, 1.165) is 12.0 Å². The van der Waals surface area contributed by atoms with Crippen LogP contribution in [0.2, 0.25) is 5.02 Å². The molecule has 0 bridgehead atoms. The maximum atomic E-state index is 13.1. The molecule has 2 aromatic rings. The Morgan fingerprint density at radius 2 is 1.87 bits per heavy atom. The standard InChI is InChI=1S/C22H23ClO7/c1-2-11-3-5-12(6-4-11)18(25)14-8-15-13(7-16(14)23)10-29-22(15)21(28)20(27)19(26)17(9-24)30-22/h3-8,17,19-21,24,26-28H,2,9-10H2,1H3. The Balaban J connectivity index is 1.77. The highest BCUT2D eigenvalue weighted by Gasteiger charge is 2.58. The third-order valence-corrected chi connectivity index (χ3v) is 6.14. The molecule has 30 heavy (non-hydrogen) atoms. The van der Waals surface area contributed by atoms with Crippen LogP contribution in [-0.4, -0.2) is 57.2 Å². The third kappa shape index (κ3) is 3.27. The van der Waals surface area contributed by atoms with Gasteiger partial charge in [0.15, 0.2) is 5.78 Å². The Hall–Kier alpha value is -1.84. The van der Waals surface area contributed by atoms with Gasteiger partial charge in [0.05, 0.1) is 18.2 Å². The normalized spacial score (nSPS) is 30.5. The predicted molar refractivity (Wildman–Crippen MR) is 107 cm³/mol. The fourth-order valence-corrected chi connectivity index (χ4v) is 4.30. The monoisotopic (exact) mass is 434 g/mol. The maximum Gasteiger partial charge on any atom is 0.225 e. The predicted octanol–water partition coefficient (Wildman–Crippen LogP) is 1.29. The SMILES string of the molecule is CCc1ccc(C(=O)c2cc3c(cc2Cl)COC32OC(CO)C(O)C(O)C2O)cc1. The number of carbonyl (C=O) groups is 1. The number of fused-ring (bicyclic) bond motifs is 2. The van der Waals surface area contributed by atoms with Gasteiger partial charge < -0.3 is 29.9 Å². The first-order valence-corrected chi connectivity index (χ1v) is 10.1. The summed E-state index contributed by atoms with van der Waals surface area (Å²) in [6, 6.07) is 10.3. The minimum atomic E-state index is -1.83. The molecule has 2 aliphatic rings. The fourth-order valence-electron chi connectivity index (χ4n) is 4.03. The van der Waals surface area contributed by atoms with Crippen LogP contribution in [0.5, 0.6) is 0 Å². The first-order chi connectivity index (χ1) is 14.3. The highest BCUT2D eigenvalue weighted by Crippen LogP contribution is 2.47. The van der Waals surface area contributed by atoms with Gasteiger partial charge in [-0.15, -0.1) is 0 Å². The molecule has 0 saturated carbocycles. The van der Waals surface area contributed by atoms with Gasteiger partial charge in [0.1, 0.15) is 24.4 Å². The maximum absolute atomic E-state index is 13.1. The van der Waals surface area contributed by atoms with E-state index in [9.17, 15) is 25.2 Å². The molecule has 4 N–H and O–H groups in total. The van der Waals surface area contributed by atoms with Crippen molar-refractivity contribution >= 4 is 17.4 Å². The zero-order valence-corrected chi connectivity index (χ0v) is 17.0. The van der Waals surface area contributed by atoms with Crippen molar-refractivity contribution in [3.8, 4) is 0 Å². The number of aliphatic hydroxyl groups is 4. The topological polar surface area (TPSA) is 116 Å². The van der Waals surface area contributed by atoms with Gasteiger partial charge in [-0.2, -0.15) is 0 Å². The number of halogens is 1. The molecule has 0 amide bonds. The average Bonchev–Trinajstić information content (AvgIpc) is 3.11. The molecule has 2 aromatic carbocycles. The molecule has 1 spiro atoms. The first kappa shape index (κ1) is 21.4. The summed E-state index contributed by atoms with van der Waals surface area (Å²) < 4.78 is 11.4. The summed E-state index contributed by atoms with van der Waals surface area (Å²) in [5.41, 5.74) is 2.66. The van der Waals surface area contributed by atoms with Crippen LogP contribution in [0.15, 0.2) is 36.4 Å². The quantitative estimate of drug-likeness (QED) is 0.536. The van der Waals surface area contributed by atoms with Crippen LogP contribution in [0.3, 0.4) is 0 Å². The highest BCUT2D eigenvalue weighted by molar-refractivity contribution is 6.35. The molecule has 1 saturated heterocycles. The zero-order chi connectivity index (χ0) is 21.6.